The molecule has 0 bridgehead atoms. The first-order chi connectivity index (χ1) is 18.2. The van der Waals surface area contributed by atoms with Gasteiger partial charge in [-0.05, 0) is 56.7 Å². The number of nitrogens with zero attached hydrogens (tertiary/aromatic N) is 3. The minimum absolute atomic E-state index is 0.0341. The first-order valence-electron chi connectivity index (χ1n) is 12.3. The number of nitrogen functional groups attached to an aromatic ring is 1. The molecule has 0 saturated carbocycles. The summed E-state index contributed by atoms with van der Waals surface area (Å²) in [6.07, 6.45) is 3.88. The quantitative estimate of drug-likeness (QED) is 0.371. The van der Waals surface area contributed by atoms with Crippen LogP contribution in [0.25, 0.3) is 11.3 Å². The molecule has 1 fully saturated rings. The molecule has 2 atom stereocenters. The van der Waals surface area contributed by atoms with Crippen LogP contribution in [0.5, 0.6) is 0 Å². The molecule has 6 N–H and O–H groups in total. The smallest absolute Gasteiger partial charge is 0.276 e. The van der Waals surface area contributed by atoms with Gasteiger partial charge in [-0.3, -0.25) is 14.6 Å². The predicted molar refractivity (Wildman–Crippen MR) is 144 cm³/mol. The van der Waals surface area contributed by atoms with E-state index in [1.807, 2.05) is 13.8 Å². The average molecular weight is 522 g/mol. The first kappa shape index (κ1) is 27.0. The fraction of sp³-hybridized carbons (Fsp3) is 0.333. The third kappa shape index (κ3) is 5.90. The van der Waals surface area contributed by atoms with Crippen LogP contribution in [0.2, 0.25) is 0 Å². The van der Waals surface area contributed by atoms with Crippen LogP contribution in [0.3, 0.4) is 0 Å². The Hall–Kier alpha value is -4.09. The maximum absolute atomic E-state index is 14.8. The molecule has 2 amide bonds. The van der Waals surface area contributed by atoms with Crippen molar-refractivity contribution >= 4 is 28.9 Å². The zero-order valence-electron chi connectivity index (χ0n) is 21.6. The lowest BCUT2D eigenvalue weighted by Gasteiger charge is -2.37. The summed E-state index contributed by atoms with van der Waals surface area (Å²) in [5.41, 5.74) is 14.1. The summed E-state index contributed by atoms with van der Waals surface area (Å²) < 4.78 is 20.2. The molecule has 1 aromatic carbocycles. The van der Waals surface area contributed by atoms with Crippen LogP contribution in [0, 0.1) is 5.82 Å². The number of hydrogen-bond acceptors (Lipinski definition) is 8. The number of pyridine rings is 2. The van der Waals surface area contributed by atoms with Gasteiger partial charge in [-0.2, -0.15) is 0 Å². The van der Waals surface area contributed by atoms with Crippen LogP contribution in [-0.4, -0.2) is 60.2 Å². The molecule has 3 aromatic rings. The molecule has 38 heavy (non-hydrogen) atoms. The van der Waals surface area contributed by atoms with Gasteiger partial charge in [0.25, 0.3) is 11.8 Å². The van der Waals surface area contributed by atoms with Gasteiger partial charge in [0.1, 0.15) is 5.82 Å². The summed E-state index contributed by atoms with van der Waals surface area (Å²) in [5.74, 6) is -1.50. The Morgan fingerprint density at radius 3 is 2.68 bits per heavy atom. The van der Waals surface area contributed by atoms with Gasteiger partial charge in [0, 0.05) is 49.6 Å². The van der Waals surface area contributed by atoms with E-state index in [-0.39, 0.29) is 52.3 Å². The van der Waals surface area contributed by atoms with Gasteiger partial charge < -0.3 is 31.7 Å². The third-order valence-electron chi connectivity index (χ3n) is 6.35. The van der Waals surface area contributed by atoms with Crippen LogP contribution < -0.4 is 27.0 Å². The number of piperidine rings is 1. The van der Waals surface area contributed by atoms with Crippen molar-refractivity contribution in [2.24, 2.45) is 5.73 Å². The third-order valence-corrected chi connectivity index (χ3v) is 6.35. The summed E-state index contributed by atoms with van der Waals surface area (Å²) in [4.78, 5) is 36.3. The Morgan fingerprint density at radius 2 is 1.97 bits per heavy atom. The van der Waals surface area contributed by atoms with E-state index in [1.54, 1.807) is 19.4 Å². The Bertz CT molecular complexity index is 1330. The molecule has 11 heteroatoms. The number of nitrogens with two attached hydrogens (primary N) is 2. The lowest BCUT2D eigenvalue weighted by atomic mass is 10.0. The molecule has 2 unspecified atom stereocenters. The van der Waals surface area contributed by atoms with Gasteiger partial charge in [-0.25, -0.2) is 9.37 Å². The van der Waals surface area contributed by atoms with E-state index in [1.165, 1.54) is 36.5 Å². The molecule has 4 rings (SSSR count). The number of hydrogen-bond donors (Lipinski definition) is 4. The van der Waals surface area contributed by atoms with E-state index in [0.29, 0.717) is 18.8 Å². The highest BCUT2D eigenvalue weighted by Gasteiger charge is 2.28. The molecule has 0 aliphatic carbocycles. The standard InChI is InChI=1S/C27H32FN7O3/c1-15(2)32-26(36)16-4-5-18(28)17(12-16)21-7-6-19(29)25(33-21)27(37)34-22-13-31-10-8-23(22)35-11-9-24(38-3)20(30)14-35/h4-8,10,12-13,15,20,24H,9,11,14,29-30H2,1-3H3,(H,32,36)(H,34,37). The maximum Gasteiger partial charge on any atom is 0.276 e. The number of carbonyl (C=O) groups is 2. The number of amides is 2. The molecule has 1 saturated heterocycles. The van der Waals surface area contributed by atoms with Gasteiger partial charge in [0.15, 0.2) is 5.69 Å². The van der Waals surface area contributed by atoms with Crippen molar-refractivity contribution in [2.75, 3.05) is 36.1 Å². The van der Waals surface area contributed by atoms with Crippen molar-refractivity contribution in [2.45, 2.75) is 38.5 Å². The lowest BCUT2D eigenvalue weighted by molar-refractivity contribution is 0.0664. The van der Waals surface area contributed by atoms with Gasteiger partial charge >= 0.3 is 0 Å². The number of benzene rings is 1. The Balaban J connectivity index is 1.60. The second-order valence-corrected chi connectivity index (χ2v) is 9.48. The van der Waals surface area contributed by atoms with Crippen molar-refractivity contribution in [3.63, 3.8) is 0 Å². The fourth-order valence-corrected chi connectivity index (χ4v) is 4.42. The second-order valence-electron chi connectivity index (χ2n) is 9.48. The summed E-state index contributed by atoms with van der Waals surface area (Å²) in [7, 11) is 1.65. The Morgan fingerprint density at radius 1 is 1.18 bits per heavy atom. The zero-order valence-corrected chi connectivity index (χ0v) is 21.6. The van der Waals surface area contributed by atoms with E-state index in [0.717, 1.165) is 12.1 Å². The molecular weight excluding hydrogens is 489 g/mol. The van der Waals surface area contributed by atoms with Gasteiger partial charge in [0.05, 0.1) is 35.1 Å². The number of methoxy groups -OCH3 is 1. The SMILES string of the molecule is COC1CCN(c2ccncc2NC(=O)c2nc(-c3cc(C(=O)NC(C)C)ccc3F)ccc2N)CC1N. The number of aromatic nitrogens is 2. The molecule has 10 nitrogen and oxygen atoms in total. The Labute approximate surface area is 220 Å². The van der Waals surface area contributed by atoms with E-state index in [2.05, 4.69) is 25.5 Å². The van der Waals surface area contributed by atoms with E-state index < -0.39 is 11.7 Å². The van der Waals surface area contributed by atoms with Gasteiger partial charge in [-0.1, -0.05) is 0 Å². The number of rotatable bonds is 7. The van der Waals surface area contributed by atoms with Crippen LogP contribution in [-0.2, 0) is 4.74 Å². The monoisotopic (exact) mass is 521 g/mol. The average Bonchev–Trinajstić information content (AvgIpc) is 2.89. The minimum atomic E-state index is -0.583. The Kier molecular flexibility index (Phi) is 8.18. The normalized spacial score (nSPS) is 17.4. The van der Waals surface area contributed by atoms with Crippen molar-refractivity contribution in [3.8, 4) is 11.3 Å². The molecule has 2 aromatic heterocycles. The second kappa shape index (κ2) is 11.5. The van der Waals surface area contributed by atoms with Crippen molar-refractivity contribution < 1.29 is 18.7 Å². The number of anilines is 3. The molecule has 3 heterocycles. The summed E-state index contributed by atoms with van der Waals surface area (Å²) in [5, 5.41) is 5.61. The highest BCUT2D eigenvalue weighted by atomic mass is 19.1. The molecule has 0 spiro atoms. The van der Waals surface area contributed by atoms with E-state index >= 15 is 0 Å². The van der Waals surface area contributed by atoms with Crippen LogP contribution in [0.1, 0.15) is 41.1 Å². The van der Waals surface area contributed by atoms with Crippen LogP contribution >= 0.6 is 0 Å². The topological polar surface area (TPSA) is 148 Å². The van der Waals surface area contributed by atoms with E-state index in [4.69, 9.17) is 16.2 Å². The number of carbonyl (C=O) groups excluding carboxylic acids is 2. The summed E-state index contributed by atoms with van der Waals surface area (Å²) >= 11 is 0. The largest absolute Gasteiger partial charge is 0.397 e. The van der Waals surface area contributed by atoms with Gasteiger partial charge in [-0.15, -0.1) is 0 Å². The fourth-order valence-electron chi connectivity index (χ4n) is 4.42. The van der Waals surface area contributed by atoms with E-state index in [9.17, 15) is 14.0 Å². The number of ether oxygens (including phenoxy) is 1. The summed E-state index contributed by atoms with van der Waals surface area (Å²) in [6, 6.07) is 8.51. The van der Waals surface area contributed by atoms with Crippen LogP contribution in [0.15, 0.2) is 48.8 Å². The van der Waals surface area contributed by atoms with Crippen molar-refractivity contribution in [3.05, 3.63) is 65.9 Å². The van der Waals surface area contributed by atoms with Crippen LogP contribution in [0.4, 0.5) is 21.5 Å². The first-order valence-corrected chi connectivity index (χ1v) is 12.3. The van der Waals surface area contributed by atoms with Crippen molar-refractivity contribution in [1.82, 2.24) is 15.3 Å². The minimum Gasteiger partial charge on any atom is -0.397 e. The lowest BCUT2D eigenvalue weighted by Crippen LogP contribution is -2.52. The summed E-state index contributed by atoms with van der Waals surface area (Å²) in [6.45, 7) is 4.90. The van der Waals surface area contributed by atoms with Crippen molar-refractivity contribution in [1.29, 1.82) is 0 Å². The van der Waals surface area contributed by atoms with Gasteiger partial charge in [0.2, 0.25) is 0 Å². The number of nitrogens with one attached hydrogen (secondary N) is 2. The molecule has 0 radical (unpaired) electrons. The highest BCUT2D eigenvalue weighted by molar-refractivity contribution is 6.08. The zero-order chi connectivity index (χ0) is 27.4. The predicted octanol–water partition coefficient (Wildman–Crippen LogP) is 2.81. The molecule has 1 aliphatic rings. The molecule has 200 valence electrons. The molecular formula is C27H32FN7O3. The molecule has 1 aliphatic heterocycles. The number of halogens is 1. The maximum atomic E-state index is 14.8. The highest BCUT2D eigenvalue weighted by Crippen LogP contribution is 2.29.